The number of allylic oxidation sites excluding steroid dienone is 1. The van der Waals surface area contributed by atoms with Crippen LogP contribution in [0.3, 0.4) is 0 Å². The van der Waals surface area contributed by atoms with Crippen LogP contribution in [0.25, 0.3) is 11.8 Å². The number of rotatable bonds is 3. The van der Waals surface area contributed by atoms with Gasteiger partial charge in [-0.25, -0.2) is 4.99 Å². The molecule has 6 nitrogen and oxygen atoms in total. The molecule has 4 aromatic rings. The molecule has 8 heteroatoms. The van der Waals surface area contributed by atoms with E-state index in [1.54, 1.807) is 28.0 Å². The summed E-state index contributed by atoms with van der Waals surface area (Å²) in [6, 6.07) is 18.3. The normalized spacial score (nSPS) is 17.2. The minimum absolute atomic E-state index is 0.0172. The van der Waals surface area contributed by atoms with Crippen LogP contribution in [0.4, 0.5) is 5.69 Å². The molecule has 162 valence electrons. The second kappa shape index (κ2) is 7.75. The molecule has 0 N–H and O–H groups in total. The van der Waals surface area contributed by atoms with Crippen LogP contribution in [0, 0.1) is 10.1 Å². The zero-order chi connectivity index (χ0) is 22.5. The molecule has 33 heavy (non-hydrogen) atoms. The van der Waals surface area contributed by atoms with E-state index in [1.807, 2.05) is 41.8 Å². The molecular weight excluding hydrogens is 454 g/mol. The van der Waals surface area contributed by atoms with Gasteiger partial charge in [-0.1, -0.05) is 53.8 Å². The predicted octanol–water partition coefficient (Wildman–Crippen LogP) is 4.29. The lowest BCUT2D eigenvalue weighted by Crippen LogP contribution is -2.38. The Balaban J connectivity index is 1.65. The summed E-state index contributed by atoms with van der Waals surface area (Å²) >= 11 is 2.94. The first-order valence-electron chi connectivity index (χ1n) is 10.5. The van der Waals surface area contributed by atoms with E-state index in [9.17, 15) is 14.9 Å². The standard InChI is InChI=1S/C25H17N3O3S2/c29-24-21(14-18-8-4-12-32-18)33-25-26-22-19-9-2-1-5-15(19)10-11-20(22)23(27(24)25)16-6-3-7-17(13-16)28(30)31/h1-9,12-14,23H,10-11H2/b21-14+/t23-/m1/s1. The number of fused-ring (bicyclic) bond motifs is 3. The number of benzene rings is 2. The van der Waals surface area contributed by atoms with Gasteiger partial charge < -0.3 is 0 Å². The van der Waals surface area contributed by atoms with Gasteiger partial charge in [0.2, 0.25) is 0 Å². The number of hydrogen-bond donors (Lipinski definition) is 0. The quantitative estimate of drug-likeness (QED) is 0.330. The van der Waals surface area contributed by atoms with E-state index in [1.165, 1.54) is 23.0 Å². The van der Waals surface area contributed by atoms with E-state index in [0.717, 1.165) is 40.1 Å². The summed E-state index contributed by atoms with van der Waals surface area (Å²) in [5.41, 5.74) is 4.86. The smallest absolute Gasteiger partial charge is 0.271 e. The van der Waals surface area contributed by atoms with E-state index < -0.39 is 11.0 Å². The Morgan fingerprint density at radius 2 is 1.97 bits per heavy atom. The molecular formula is C25H17N3O3S2. The van der Waals surface area contributed by atoms with Crippen LogP contribution in [0.15, 0.2) is 81.4 Å². The van der Waals surface area contributed by atoms with Gasteiger partial charge in [0.25, 0.3) is 11.2 Å². The Hall–Kier alpha value is -3.62. The fourth-order valence-corrected chi connectivity index (χ4v) is 6.36. The van der Waals surface area contributed by atoms with Gasteiger partial charge in [-0.05, 0) is 47.1 Å². The van der Waals surface area contributed by atoms with Crippen molar-refractivity contribution in [3.63, 3.8) is 0 Å². The van der Waals surface area contributed by atoms with Crippen LogP contribution in [0.5, 0.6) is 0 Å². The Bertz CT molecular complexity index is 1630. The first-order chi connectivity index (χ1) is 16.1. The van der Waals surface area contributed by atoms with Crippen LogP contribution >= 0.6 is 22.7 Å². The number of thiazole rings is 1. The molecule has 0 unspecified atom stereocenters. The molecule has 0 fully saturated rings. The summed E-state index contributed by atoms with van der Waals surface area (Å²) in [7, 11) is 0. The van der Waals surface area contributed by atoms with Crippen molar-refractivity contribution >= 4 is 40.1 Å². The van der Waals surface area contributed by atoms with Crippen molar-refractivity contribution in [2.24, 2.45) is 4.99 Å². The van der Waals surface area contributed by atoms with Crippen LogP contribution in [-0.2, 0) is 6.42 Å². The second-order valence-electron chi connectivity index (χ2n) is 7.98. The molecule has 0 amide bonds. The van der Waals surface area contributed by atoms with E-state index in [2.05, 4.69) is 12.1 Å². The maximum atomic E-state index is 13.6. The van der Waals surface area contributed by atoms with Crippen LogP contribution in [0.1, 0.15) is 34.0 Å². The number of aryl methyl sites for hydroxylation is 1. The van der Waals surface area contributed by atoms with Crippen molar-refractivity contribution in [3.8, 4) is 0 Å². The van der Waals surface area contributed by atoms with Gasteiger partial charge in [-0.2, -0.15) is 0 Å². The minimum Gasteiger partial charge on any atom is -0.272 e. The second-order valence-corrected chi connectivity index (χ2v) is 9.97. The number of aromatic nitrogens is 1. The molecule has 6 rings (SSSR count). The highest BCUT2D eigenvalue weighted by Gasteiger charge is 2.33. The monoisotopic (exact) mass is 471 g/mol. The SMILES string of the molecule is O=c1/c(=C\c2cccs2)sc2n1[C@H](c1cccc([N+](=O)[O-])c1)C1=C(N=2)c2ccccc2CC1. The van der Waals surface area contributed by atoms with Crippen molar-refractivity contribution in [1.82, 2.24) is 4.57 Å². The molecule has 2 aromatic heterocycles. The number of nitro groups is 1. The summed E-state index contributed by atoms with van der Waals surface area (Å²) in [4.78, 5) is 31.3. The molecule has 2 aliphatic rings. The first kappa shape index (κ1) is 20.0. The maximum absolute atomic E-state index is 13.6. The van der Waals surface area contributed by atoms with Crippen molar-refractivity contribution in [3.05, 3.63) is 123 Å². The topological polar surface area (TPSA) is 77.5 Å². The Morgan fingerprint density at radius 3 is 2.79 bits per heavy atom. The largest absolute Gasteiger partial charge is 0.272 e. The molecule has 1 aliphatic carbocycles. The lowest BCUT2D eigenvalue weighted by molar-refractivity contribution is -0.384. The van der Waals surface area contributed by atoms with Gasteiger partial charge in [-0.15, -0.1) is 11.3 Å². The predicted molar refractivity (Wildman–Crippen MR) is 130 cm³/mol. The molecule has 0 bridgehead atoms. The zero-order valence-corrected chi connectivity index (χ0v) is 18.9. The molecule has 2 aromatic carbocycles. The third-order valence-corrected chi connectivity index (χ3v) is 7.89. The number of nitro benzene ring substituents is 1. The summed E-state index contributed by atoms with van der Waals surface area (Å²) in [5.74, 6) is 0. The van der Waals surface area contributed by atoms with Crippen LogP contribution < -0.4 is 14.9 Å². The summed E-state index contributed by atoms with van der Waals surface area (Å²) in [6.07, 6.45) is 3.49. The number of thiophene rings is 1. The summed E-state index contributed by atoms with van der Waals surface area (Å²) < 4.78 is 2.33. The van der Waals surface area contributed by atoms with E-state index in [0.29, 0.717) is 9.33 Å². The van der Waals surface area contributed by atoms with Crippen molar-refractivity contribution in [2.75, 3.05) is 0 Å². The molecule has 0 spiro atoms. The third-order valence-electron chi connectivity index (χ3n) is 6.09. The third kappa shape index (κ3) is 3.30. The lowest BCUT2D eigenvalue weighted by Gasteiger charge is -2.30. The van der Waals surface area contributed by atoms with Gasteiger partial charge >= 0.3 is 0 Å². The Morgan fingerprint density at radius 1 is 1.09 bits per heavy atom. The van der Waals surface area contributed by atoms with E-state index in [-0.39, 0.29) is 11.2 Å². The van der Waals surface area contributed by atoms with Gasteiger partial charge in [-0.3, -0.25) is 19.5 Å². The average Bonchev–Trinajstić information content (AvgIpc) is 3.46. The highest BCUT2D eigenvalue weighted by molar-refractivity contribution is 7.11. The fourth-order valence-electron chi connectivity index (χ4n) is 4.63. The average molecular weight is 472 g/mol. The minimum atomic E-state index is -0.421. The van der Waals surface area contributed by atoms with Crippen LogP contribution in [-0.4, -0.2) is 9.49 Å². The van der Waals surface area contributed by atoms with E-state index >= 15 is 0 Å². The number of hydrogen-bond acceptors (Lipinski definition) is 6. The van der Waals surface area contributed by atoms with Gasteiger partial charge in [0.1, 0.15) is 0 Å². The Kier molecular flexibility index (Phi) is 4.70. The summed E-state index contributed by atoms with van der Waals surface area (Å²) in [5, 5.41) is 13.5. The van der Waals surface area contributed by atoms with Crippen molar-refractivity contribution < 1.29 is 4.92 Å². The molecule has 0 saturated heterocycles. The fraction of sp³-hybridized carbons (Fsp3) is 0.120. The molecule has 0 radical (unpaired) electrons. The number of non-ortho nitro benzene ring substituents is 1. The maximum Gasteiger partial charge on any atom is 0.271 e. The molecule has 1 atom stereocenters. The Labute approximate surface area is 196 Å². The van der Waals surface area contributed by atoms with Crippen LogP contribution in [0.2, 0.25) is 0 Å². The highest BCUT2D eigenvalue weighted by atomic mass is 32.1. The number of nitrogens with zero attached hydrogens (tertiary/aromatic N) is 3. The molecule has 0 saturated carbocycles. The molecule has 3 heterocycles. The van der Waals surface area contributed by atoms with Gasteiger partial charge in [0.15, 0.2) is 4.80 Å². The van der Waals surface area contributed by atoms with Gasteiger partial charge in [0.05, 0.1) is 21.2 Å². The van der Waals surface area contributed by atoms with Gasteiger partial charge in [0, 0.05) is 22.6 Å². The molecule has 1 aliphatic heterocycles. The van der Waals surface area contributed by atoms with Crippen molar-refractivity contribution in [1.29, 1.82) is 0 Å². The first-order valence-corrected chi connectivity index (χ1v) is 12.2. The van der Waals surface area contributed by atoms with E-state index in [4.69, 9.17) is 4.99 Å². The zero-order valence-electron chi connectivity index (χ0n) is 17.3. The highest BCUT2D eigenvalue weighted by Crippen LogP contribution is 2.41. The lowest BCUT2D eigenvalue weighted by atomic mass is 9.83. The van der Waals surface area contributed by atoms with Crippen molar-refractivity contribution in [2.45, 2.75) is 18.9 Å². The summed E-state index contributed by atoms with van der Waals surface area (Å²) in [6.45, 7) is 0.